The third-order valence-electron chi connectivity index (χ3n) is 2.68. The molecule has 11 heavy (non-hydrogen) atoms. The molecule has 3 heteroatoms. The van der Waals surface area contributed by atoms with Crippen molar-refractivity contribution in [2.45, 2.75) is 18.6 Å². The van der Waals surface area contributed by atoms with E-state index < -0.39 is 0 Å². The van der Waals surface area contributed by atoms with E-state index in [1.54, 1.807) is 0 Å². The summed E-state index contributed by atoms with van der Waals surface area (Å²) in [5.74, 6) is 0.637. The van der Waals surface area contributed by atoms with Gasteiger partial charge in [0.25, 0.3) is 0 Å². The smallest absolute Gasteiger partial charge is 0.207 e. The number of carbonyl (C=O) groups is 1. The summed E-state index contributed by atoms with van der Waals surface area (Å²) >= 11 is 0. The van der Waals surface area contributed by atoms with E-state index >= 15 is 0 Å². The molecule has 2 bridgehead atoms. The summed E-state index contributed by atoms with van der Waals surface area (Å²) in [6.07, 6.45) is 5.42. The van der Waals surface area contributed by atoms with Crippen LogP contribution in [0, 0.1) is 11.8 Å². The summed E-state index contributed by atoms with van der Waals surface area (Å²) in [5, 5.41) is 12.2. The van der Waals surface area contributed by atoms with Crippen LogP contribution < -0.4 is 5.32 Å². The van der Waals surface area contributed by atoms with Gasteiger partial charge in [0, 0.05) is 11.8 Å². The number of amides is 1. The van der Waals surface area contributed by atoms with Gasteiger partial charge >= 0.3 is 0 Å². The third-order valence-corrected chi connectivity index (χ3v) is 2.68. The number of hydrogen-bond acceptors (Lipinski definition) is 2. The minimum Gasteiger partial charge on any atom is -0.390 e. The van der Waals surface area contributed by atoms with Crippen LogP contribution in [0.3, 0.4) is 0 Å². The topological polar surface area (TPSA) is 49.3 Å². The zero-order valence-electron chi connectivity index (χ0n) is 6.10. The molecule has 0 aliphatic heterocycles. The van der Waals surface area contributed by atoms with Crippen LogP contribution in [0.2, 0.25) is 0 Å². The Morgan fingerprint density at radius 3 is 2.73 bits per heavy atom. The maximum Gasteiger partial charge on any atom is 0.207 e. The van der Waals surface area contributed by atoms with Crippen molar-refractivity contribution in [1.82, 2.24) is 5.32 Å². The molecule has 0 aromatic rings. The van der Waals surface area contributed by atoms with E-state index in [1.807, 2.05) is 6.08 Å². The van der Waals surface area contributed by atoms with Gasteiger partial charge in [0.05, 0.1) is 12.1 Å². The van der Waals surface area contributed by atoms with Crippen LogP contribution in [-0.4, -0.2) is 23.7 Å². The Bertz CT molecular complexity index is 202. The predicted molar refractivity (Wildman–Crippen MR) is 39.7 cm³/mol. The van der Waals surface area contributed by atoms with Gasteiger partial charge in [-0.05, 0) is 6.42 Å². The van der Waals surface area contributed by atoms with Crippen LogP contribution in [0.1, 0.15) is 6.42 Å². The maximum absolute atomic E-state index is 10.1. The Hall–Kier alpha value is -0.830. The van der Waals surface area contributed by atoms with E-state index in [4.69, 9.17) is 0 Å². The number of aliphatic hydroxyl groups is 1. The lowest BCUT2D eigenvalue weighted by Gasteiger charge is -2.22. The first-order chi connectivity index (χ1) is 5.33. The fourth-order valence-corrected chi connectivity index (χ4v) is 2.10. The molecular formula is C8H11NO2. The van der Waals surface area contributed by atoms with Crippen LogP contribution in [0.5, 0.6) is 0 Å². The molecule has 0 heterocycles. The summed E-state index contributed by atoms with van der Waals surface area (Å²) in [5.41, 5.74) is 0. The predicted octanol–water partition coefficient (Wildman–Crippen LogP) is -0.332. The van der Waals surface area contributed by atoms with Gasteiger partial charge in [0.1, 0.15) is 0 Å². The van der Waals surface area contributed by atoms with Crippen molar-refractivity contribution in [3.05, 3.63) is 12.2 Å². The lowest BCUT2D eigenvalue weighted by Crippen LogP contribution is -2.41. The molecule has 0 aromatic carbocycles. The molecule has 0 radical (unpaired) electrons. The quantitative estimate of drug-likeness (QED) is 0.421. The SMILES string of the molecule is O=CNC1C2C=CC(C2)C1O. The summed E-state index contributed by atoms with van der Waals surface area (Å²) in [6.45, 7) is 0. The summed E-state index contributed by atoms with van der Waals surface area (Å²) in [6, 6.07) is -0.0394. The van der Waals surface area contributed by atoms with Gasteiger partial charge in [-0.2, -0.15) is 0 Å². The fourth-order valence-electron chi connectivity index (χ4n) is 2.10. The minimum absolute atomic E-state index is 0.0394. The van der Waals surface area contributed by atoms with Crippen LogP contribution in [-0.2, 0) is 4.79 Å². The fraction of sp³-hybridized carbons (Fsp3) is 0.625. The first-order valence-corrected chi connectivity index (χ1v) is 3.89. The van der Waals surface area contributed by atoms with Crippen LogP contribution >= 0.6 is 0 Å². The third kappa shape index (κ3) is 0.878. The molecule has 4 unspecified atom stereocenters. The molecule has 1 fully saturated rings. The van der Waals surface area contributed by atoms with Crippen molar-refractivity contribution in [2.75, 3.05) is 0 Å². The van der Waals surface area contributed by atoms with Crippen molar-refractivity contribution in [1.29, 1.82) is 0 Å². The number of carbonyl (C=O) groups excluding carboxylic acids is 1. The second kappa shape index (κ2) is 2.34. The van der Waals surface area contributed by atoms with E-state index in [9.17, 15) is 9.90 Å². The largest absolute Gasteiger partial charge is 0.390 e. The second-order valence-electron chi connectivity index (χ2n) is 3.25. The molecule has 0 aromatic heterocycles. The number of rotatable bonds is 2. The minimum atomic E-state index is -0.366. The first kappa shape index (κ1) is 6.85. The van der Waals surface area contributed by atoms with Crippen LogP contribution in [0.4, 0.5) is 0 Å². The molecule has 1 saturated carbocycles. The van der Waals surface area contributed by atoms with Crippen molar-refractivity contribution in [3.8, 4) is 0 Å². The normalized spacial score (nSPS) is 46.3. The first-order valence-electron chi connectivity index (χ1n) is 3.89. The highest BCUT2D eigenvalue weighted by molar-refractivity contribution is 5.47. The average Bonchev–Trinajstić information content (AvgIpc) is 2.54. The molecule has 2 N–H and O–H groups in total. The molecule has 4 atom stereocenters. The van der Waals surface area contributed by atoms with Crippen molar-refractivity contribution < 1.29 is 9.90 Å². The molecular weight excluding hydrogens is 142 g/mol. The summed E-state index contributed by atoms with van der Waals surface area (Å²) < 4.78 is 0. The van der Waals surface area contributed by atoms with Gasteiger partial charge in [-0.1, -0.05) is 12.2 Å². The van der Waals surface area contributed by atoms with E-state index in [0.29, 0.717) is 12.3 Å². The monoisotopic (exact) mass is 153 g/mol. The van der Waals surface area contributed by atoms with E-state index in [1.165, 1.54) is 0 Å². The van der Waals surface area contributed by atoms with Gasteiger partial charge in [0.15, 0.2) is 0 Å². The van der Waals surface area contributed by atoms with Gasteiger partial charge in [-0.25, -0.2) is 0 Å². The number of aliphatic hydroxyl groups excluding tert-OH is 1. The standard InChI is InChI=1S/C8H11NO2/c10-4-9-7-5-1-2-6(3-5)8(7)11/h1-2,4-8,11H,3H2,(H,9,10). The molecule has 2 aliphatic rings. The van der Waals surface area contributed by atoms with E-state index in [-0.39, 0.29) is 18.1 Å². The molecule has 60 valence electrons. The second-order valence-corrected chi connectivity index (χ2v) is 3.25. The van der Waals surface area contributed by atoms with Crippen LogP contribution in [0.15, 0.2) is 12.2 Å². The molecule has 2 rings (SSSR count). The highest BCUT2D eigenvalue weighted by Gasteiger charge is 2.43. The molecule has 2 aliphatic carbocycles. The van der Waals surface area contributed by atoms with Gasteiger partial charge in [-0.15, -0.1) is 0 Å². The number of fused-ring (bicyclic) bond motifs is 2. The highest BCUT2D eigenvalue weighted by Crippen LogP contribution is 2.38. The molecule has 0 spiro atoms. The lowest BCUT2D eigenvalue weighted by molar-refractivity contribution is -0.111. The Kier molecular flexibility index (Phi) is 1.46. The molecule has 1 amide bonds. The zero-order valence-corrected chi connectivity index (χ0v) is 6.10. The Morgan fingerprint density at radius 2 is 2.18 bits per heavy atom. The number of nitrogens with one attached hydrogen (secondary N) is 1. The molecule has 0 saturated heterocycles. The van der Waals surface area contributed by atoms with Crippen molar-refractivity contribution >= 4 is 6.41 Å². The van der Waals surface area contributed by atoms with Gasteiger partial charge in [0.2, 0.25) is 6.41 Å². The van der Waals surface area contributed by atoms with E-state index in [2.05, 4.69) is 11.4 Å². The van der Waals surface area contributed by atoms with Crippen LogP contribution in [0.25, 0.3) is 0 Å². The Morgan fingerprint density at radius 1 is 1.45 bits per heavy atom. The zero-order chi connectivity index (χ0) is 7.84. The van der Waals surface area contributed by atoms with Crippen molar-refractivity contribution in [2.24, 2.45) is 11.8 Å². The lowest BCUT2D eigenvalue weighted by atomic mass is 9.99. The average molecular weight is 153 g/mol. The van der Waals surface area contributed by atoms with Gasteiger partial charge < -0.3 is 10.4 Å². The highest BCUT2D eigenvalue weighted by atomic mass is 16.3. The van der Waals surface area contributed by atoms with Crippen molar-refractivity contribution in [3.63, 3.8) is 0 Å². The maximum atomic E-state index is 10.1. The van der Waals surface area contributed by atoms with E-state index in [0.717, 1.165) is 6.42 Å². The Balaban J connectivity index is 2.11. The number of hydrogen-bond donors (Lipinski definition) is 2. The summed E-state index contributed by atoms with van der Waals surface area (Å²) in [7, 11) is 0. The summed E-state index contributed by atoms with van der Waals surface area (Å²) in [4.78, 5) is 10.1. The molecule has 3 nitrogen and oxygen atoms in total. The van der Waals surface area contributed by atoms with Gasteiger partial charge in [-0.3, -0.25) is 4.79 Å². The Labute approximate surface area is 65.1 Å².